The molecule has 0 bridgehead atoms. The van der Waals surface area contributed by atoms with Gasteiger partial charge in [-0.2, -0.15) is 0 Å². The summed E-state index contributed by atoms with van der Waals surface area (Å²) in [4.78, 5) is 4.17. The number of methoxy groups -OCH3 is 2. The molecular formula is C20H26F2IN3O2. The van der Waals surface area contributed by atoms with Crippen LogP contribution in [-0.2, 0) is 6.54 Å². The molecule has 0 heterocycles. The van der Waals surface area contributed by atoms with Gasteiger partial charge in [0.15, 0.2) is 5.96 Å². The first-order valence-corrected chi connectivity index (χ1v) is 8.58. The van der Waals surface area contributed by atoms with Gasteiger partial charge < -0.3 is 20.1 Å². The van der Waals surface area contributed by atoms with Crippen molar-refractivity contribution in [3.8, 4) is 11.5 Å². The highest BCUT2D eigenvalue weighted by molar-refractivity contribution is 14.0. The van der Waals surface area contributed by atoms with E-state index in [1.165, 1.54) is 12.1 Å². The highest BCUT2D eigenvalue weighted by Gasteiger charge is 2.13. The van der Waals surface area contributed by atoms with Crippen molar-refractivity contribution >= 4 is 29.9 Å². The Balaban J connectivity index is 0.00000392. The molecule has 0 saturated heterocycles. The monoisotopic (exact) mass is 505 g/mol. The highest BCUT2D eigenvalue weighted by atomic mass is 127. The molecule has 2 aromatic rings. The molecule has 0 amide bonds. The molecule has 2 aromatic carbocycles. The number of nitrogens with zero attached hydrogens (tertiary/aromatic N) is 1. The van der Waals surface area contributed by atoms with E-state index in [0.717, 1.165) is 11.6 Å². The summed E-state index contributed by atoms with van der Waals surface area (Å²) in [5, 5.41) is 6.35. The summed E-state index contributed by atoms with van der Waals surface area (Å²) in [5.41, 5.74) is 1.40. The molecule has 0 aliphatic heterocycles. The third-order valence-electron chi connectivity index (χ3n) is 4.23. The average molecular weight is 505 g/mol. The molecule has 1 unspecified atom stereocenters. The van der Waals surface area contributed by atoms with E-state index in [2.05, 4.69) is 15.6 Å². The van der Waals surface area contributed by atoms with E-state index >= 15 is 0 Å². The highest BCUT2D eigenvalue weighted by Crippen LogP contribution is 2.24. The third kappa shape index (κ3) is 6.50. The predicted octanol–water partition coefficient (Wildman–Crippen LogP) is 4.07. The molecular weight excluding hydrogens is 479 g/mol. The van der Waals surface area contributed by atoms with E-state index < -0.39 is 11.6 Å². The second kappa shape index (κ2) is 11.7. The number of nitrogens with one attached hydrogen (secondary N) is 2. The zero-order valence-electron chi connectivity index (χ0n) is 16.4. The maximum atomic E-state index is 13.9. The Hall–Kier alpha value is -2.10. The molecule has 0 radical (unpaired) electrons. The molecule has 0 saturated carbocycles. The maximum absolute atomic E-state index is 13.9. The Morgan fingerprint density at radius 1 is 1.07 bits per heavy atom. The number of halogens is 3. The van der Waals surface area contributed by atoms with Gasteiger partial charge in [-0.1, -0.05) is 13.0 Å². The smallest absolute Gasteiger partial charge is 0.191 e. The van der Waals surface area contributed by atoms with E-state index in [4.69, 9.17) is 9.47 Å². The predicted molar refractivity (Wildman–Crippen MR) is 118 cm³/mol. The zero-order chi connectivity index (χ0) is 19.8. The van der Waals surface area contributed by atoms with Crippen molar-refractivity contribution in [2.75, 3.05) is 27.8 Å². The van der Waals surface area contributed by atoms with Crippen LogP contribution in [0, 0.1) is 11.6 Å². The molecule has 0 spiro atoms. The first-order chi connectivity index (χ1) is 13.0. The van der Waals surface area contributed by atoms with Gasteiger partial charge in [-0.15, -0.1) is 24.0 Å². The Morgan fingerprint density at radius 3 is 2.43 bits per heavy atom. The van der Waals surface area contributed by atoms with Crippen LogP contribution in [-0.4, -0.2) is 33.8 Å². The lowest BCUT2D eigenvalue weighted by molar-refractivity contribution is 0.390. The quantitative estimate of drug-likeness (QED) is 0.339. The van der Waals surface area contributed by atoms with E-state index in [1.807, 2.05) is 25.1 Å². The molecule has 28 heavy (non-hydrogen) atoms. The van der Waals surface area contributed by atoms with Crippen molar-refractivity contribution in [1.82, 2.24) is 10.6 Å². The first-order valence-electron chi connectivity index (χ1n) is 8.58. The van der Waals surface area contributed by atoms with Gasteiger partial charge in [0.1, 0.15) is 23.1 Å². The van der Waals surface area contributed by atoms with E-state index in [9.17, 15) is 8.78 Å². The number of hydrogen-bond donors (Lipinski definition) is 2. The van der Waals surface area contributed by atoms with Crippen molar-refractivity contribution < 1.29 is 18.3 Å². The zero-order valence-corrected chi connectivity index (χ0v) is 18.7. The van der Waals surface area contributed by atoms with Crippen LogP contribution in [0.1, 0.15) is 24.0 Å². The fourth-order valence-corrected chi connectivity index (χ4v) is 2.66. The third-order valence-corrected chi connectivity index (χ3v) is 4.23. The van der Waals surface area contributed by atoms with Crippen LogP contribution >= 0.6 is 24.0 Å². The topological polar surface area (TPSA) is 54.9 Å². The summed E-state index contributed by atoms with van der Waals surface area (Å²) >= 11 is 0. The molecule has 2 rings (SSSR count). The van der Waals surface area contributed by atoms with Crippen molar-refractivity contribution in [3.63, 3.8) is 0 Å². The van der Waals surface area contributed by atoms with Gasteiger partial charge in [-0.25, -0.2) is 8.78 Å². The summed E-state index contributed by atoms with van der Waals surface area (Å²) in [6.45, 7) is 2.80. The molecule has 8 heteroatoms. The molecule has 5 nitrogen and oxygen atoms in total. The van der Waals surface area contributed by atoms with Crippen LogP contribution < -0.4 is 20.1 Å². The SMILES string of the molecule is CN=C(NCc1ccc(OC)cc1OC)NCC(C)c1ccc(F)cc1F.I. The van der Waals surface area contributed by atoms with Gasteiger partial charge in [0.25, 0.3) is 0 Å². The standard InChI is InChI=1S/C20H25F2N3O2.HI/c1-13(17-8-6-15(21)9-18(17)22)11-24-20(23-2)25-12-14-5-7-16(26-3)10-19(14)27-4;/h5-10,13H,11-12H2,1-4H3,(H2,23,24,25);1H. The largest absolute Gasteiger partial charge is 0.497 e. The lowest BCUT2D eigenvalue weighted by Crippen LogP contribution is -2.38. The van der Waals surface area contributed by atoms with Crippen LogP contribution in [0.25, 0.3) is 0 Å². The van der Waals surface area contributed by atoms with Crippen molar-refractivity contribution in [1.29, 1.82) is 0 Å². The summed E-state index contributed by atoms with van der Waals surface area (Å²) in [7, 11) is 4.86. The minimum atomic E-state index is -0.581. The second-order valence-corrected chi connectivity index (χ2v) is 6.05. The second-order valence-electron chi connectivity index (χ2n) is 6.05. The molecule has 0 fully saturated rings. The minimum Gasteiger partial charge on any atom is -0.497 e. The van der Waals surface area contributed by atoms with Crippen molar-refractivity contribution in [3.05, 3.63) is 59.2 Å². The van der Waals surface area contributed by atoms with Gasteiger partial charge in [0.2, 0.25) is 0 Å². The number of guanidine groups is 1. The van der Waals surface area contributed by atoms with Gasteiger partial charge in [0.05, 0.1) is 14.2 Å². The molecule has 1 atom stereocenters. The average Bonchev–Trinajstić information content (AvgIpc) is 2.67. The molecule has 2 N–H and O–H groups in total. The fraction of sp³-hybridized carbons (Fsp3) is 0.350. The van der Waals surface area contributed by atoms with Gasteiger partial charge in [0, 0.05) is 43.8 Å². The van der Waals surface area contributed by atoms with E-state index in [-0.39, 0.29) is 29.9 Å². The Morgan fingerprint density at radius 2 is 1.82 bits per heavy atom. The first kappa shape index (κ1) is 23.9. The summed E-state index contributed by atoms with van der Waals surface area (Å²) in [5.74, 6) is 0.715. The number of rotatable bonds is 7. The summed E-state index contributed by atoms with van der Waals surface area (Å²) in [6, 6.07) is 9.21. The fourth-order valence-electron chi connectivity index (χ4n) is 2.66. The Kier molecular flexibility index (Phi) is 9.98. The van der Waals surface area contributed by atoms with Gasteiger partial charge in [-0.05, 0) is 23.8 Å². The van der Waals surface area contributed by atoms with Crippen molar-refractivity contribution in [2.45, 2.75) is 19.4 Å². The minimum absolute atomic E-state index is 0. The van der Waals surface area contributed by atoms with Gasteiger partial charge in [-0.3, -0.25) is 4.99 Å². The lowest BCUT2D eigenvalue weighted by atomic mass is 10.0. The molecule has 0 aliphatic carbocycles. The summed E-state index contributed by atoms with van der Waals surface area (Å²) in [6.07, 6.45) is 0. The van der Waals surface area contributed by atoms with Gasteiger partial charge >= 0.3 is 0 Å². The number of hydrogen-bond acceptors (Lipinski definition) is 3. The van der Waals surface area contributed by atoms with Crippen molar-refractivity contribution in [2.24, 2.45) is 4.99 Å². The Bertz CT molecular complexity index is 803. The van der Waals surface area contributed by atoms with E-state index in [0.29, 0.717) is 36.1 Å². The normalized spacial score (nSPS) is 12.0. The Labute approximate surface area is 181 Å². The van der Waals surface area contributed by atoms with Crippen LogP contribution in [0.5, 0.6) is 11.5 Å². The number of benzene rings is 2. The molecule has 0 aliphatic rings. The molecule has 0 aromatic heterocycles. The van der Waals surface area contributed by atoms with Crippen LogP contribution in [0.4, 0.5) is 8.78 Å². The maximum Gasteiger partial charge on any atom is 0.191 e. The van der Waals surface area contributed by atoms with Crippen LogP contribution in [0.15, 0.2) is 41.4 Å². The number of aliphatic imine (C=N–C) groups is 1. The number of ether oxygens (including phenoxy) is 2. The van der Waals surface area contributed by atoms with Crippen LogP contribution in [0.2, 0.25) is 0 Å². The van der Waals surface area contributed by atoms with E-state index in [1.54, 1.807) is 21.3 Å². The lowest BCUT2D eigenvalue weighted by Gasteiger charge is -2.18. The summed E-state index contributed by atoms with van der Waals surface area (Å²) < 4.78 is 37.5. The van der Waals surface area contributed by atoms with Crippen LogP contribution in [0.3, 0.4) is 0 Å². The molecule has 154 valence electrons.